The Hall–Kier alpha value is -1.05. The fourth-order valence-electron chi connectivity index (χ4n) is 2.72. The lowest BCUT2D eigenvalue weighted by atomic mass is 9.62. The van der Waals surface area contributed by atoms with Gasteiger partial charge in [-0.05, 0) is 37.5 Å². The molecule has 0 aromatic rings. The molecular weight excluding hydrogens is 200 g/mol. The van der Waals surface area contributed by atoms with Crippen LogP contribution in [0.1, 0.15) is 33.1 Å². The molecule has 2 nitrogen and oxygen atoms in total. The number of carbonyl (C=O) groups is 1. The van der Waals surface area contributed by atoms with Crippen molar-refractivity contribution in [1.29, 1.82) is 0 Å². The lowest BCUT2D eigenvalue weighted by Gasteiger charge is -2.42. The van der Waals surface area contributed by atoms with Crippen molar-refractivity contribution in [2.75, 3.05) is 7.11 Å². The fourth-order valence-corrected chi connectivity index (χ4v) is 2.72. The summed E-state index contributed by atoms with van der Waals surface area (Å²) in [5.74, 6) is 0.278. The first-order chi connectivity index (χ1) is 7.44. The maximum atomic E-state index is 11.6. The van der Waals surface area contributed by atoms with Crippen LogP contribution in [-0.4, -0.2) is 13.1 Å². The Bertz CT molecular complexity index is 306. The lowest BCUT2D eigenvalue weighted by molar-refractivity contribution is -0.147. The van der Waals surface area contributed by atoms with E-state index >= 15 is 0 Å². The molecule has 0 aromatic carbocycles. The first-order valence-electron chi connectivity index (χ1n) is 5.81. The van der Waals surface area contributed by atoms with Gasteiger partial charge >= 0.3 is 5.97 Å². The molecule has 0 N–H and O–H groups in total. The van der Waals surface area contributed by atoms with Gasteiger partial charge in [-0.2, -0.15) is 0 Å². The van der Waals surface area contributed by atoms with Crippen LogP contribution < -0.4 is 0 Å². The first kappa shape index (κ1) is 13.0. The molecule has 1 aliphatic carbocycles. The van der Waals surface area contributed by atoms with Gasteiger partial charge < -0.3 is 4.74 Å². The highest BCUT2D eigenvalue weighted by atomic mass is 16.5. The van der Waals surface area contributed by atoms with Crippen molar-refractivity contribution in [3.05, 3.63) is 24.8 Å². The number of hydrogen-bond donors (Lipinski definition) is 0. The van der Waals surface area contributed by atoms with Gasteiger partial charge in [-0.1, -0.05) is 25.2 Å². The third kappa shape index (κ3) is 2.37. The monoisotopic (exact) mass is 222 g/mol. The summed E-state index contributed by atoms with van der Waals surface area (Å²) in [6.07, 6.45) is 4.72. The van der Waals surface area contributed by atoms with E-state index in [9.17, 15) is 4.79 Å². The second kappa shape index (κ2) is 4.86. The Balaban J connectivity index is 2.85. The van der Waals surface area contributed by atoms with E-state index in [0.29, 0.717) is 5.92 Å². The largest absolute Gasteiger partial charge is 0.469 e. The van der Waals surface area contributed by atoms with Crippen LogP contribution in [0.25, 0.3) is 0 Å². The van der Waals surface area contributed by atoms with E-state index in [-0.39, 0.29) is 17.3 Å². The fraction of sp³-hybridized carbons (Fsp3) is 0.643. The summed E-state index contributed by atoms with van der Waals surface area (Å²) in [7, 11) is 1.46. The van der Waals surface area contributed by atoms with Crippen LogP contribution in [0, 0.1) is 17.3 Å². The molecule has 1 rings (SSSR count). The second-order valence-electron chi connectivity index (χ2n) is 5.10. The van der Waals surface area contributed by atoms with E-state index in [2.05, 4.69) is 20.1 Å². The molecule has 90 valence electrons. The molecule has 2 heteroatoms. The SMILES string of the molecule is C=CC1(C)CCC(C(=O)OC)CC1C(=C)C. The van der Waals surface area contributed by atoms with Gasteiger partial charge in [0.25, 0.3) is 0 Å². The Kier molecular flexibility index (Phi) is 3.95. The molecule has 3 atom stereocenters. The van der Waals surface area contributed by atoms with Crippen LogP contribution in [0.15, 0.2) is 24.8 Å². The molecule has 0 saturated heterocycles. The smallest absolute Gasteiger partial charge is 0.308 e. The quantitative estimate of drug-likeness (QED) is 0.540. The van der Waals surface area contributed by atoms with Crippen molar-refractivity contribution < 1.29 is 9.53 Å². The first-order valence-corrected chi connectivity index (χ1v) is 5.81. The molecule has 0 heterocycles. The van der Waals surface area contributed by atoms with Crippen LogP contribution in [0.2, 0.25) is 0 Å². The summed E-state index contributed by atoms with van der Waals surface area (Å²) < 4.78 is 4.83. The van der Waals surface area contributed by atoms with Crippen LogP contribution in [0.3, 0.4) is 0 Å². The van der Waals surface area contributed by atoms with Gasteiger partial charge in [0.2, 0.25) is 0 Å². The molecule has 0 aromatic heterocycles. The zero-order chi connectivity index (χ0) is 12.3. The van der Waals surface area contributed by atoms with Crippen molar-refractivity contribution in [3.8, 4) is 0 Å². The maximum Gasteiger partial charge on any atom is 0.308 e. The van der Waals surface area contributed by atoms with E-state index < -0.39 is 0 Å². The summed E-state index contributed by atoms with van der Waals surface area (Å²) in [5.41, 5.74) is 1.21. The van der Waals surface area contributed by atoms with Crippen LogP contribution in [0.4, 0.5) is 0 Å². The topological polar surface area (TPSA) is 26.3 Å². The van der Waals surface area contributed by atoms with Crippen LogP contribution in [-0.2, 0) is 9.53 Å². The summed E-state index contributed by atoms with van der Waals surface area (Å²) in [6.45, 7) is 12.2. The van der Waals surface area contributed by atoms with Crippen LogP contribution >= 0.6 is 0 Å². The Morgan fingerprint density at radius 1 is 1.56 bits per heavy atom. The predicted octanol–water partition coefficient (Wildman–Crippen LogP) is 3.34. The minimum absolute atomic E-state index is 0.0275. The van der Waals surface area contributed by atoms with Gasteiger partial charge in [-0.25, -0.2) is 0 Å². The van der Waals surface area contributed by atoms with Crippen molar-refractivity contribution >= 4 is 5.97 Å². The maximum absolute atomic E-state index is 11.6. The van der Waals surface area contributed by atoms with E-state index in [1.165, 1.54) is 7.11 Å². The lowest BCUT2D eigenvalue weighted by Crippen LogP contribution is -2.36. The zero-order valence-corrected chi connectivity index (χ0v) is 10.6. The van der Waals surface area contributed by atoms with Crippen molar-refractivity contribution in [3.63, 3.8) is 0 Å². The minimum atomic E-state index is -0.0858. The zero-order valence-electron chi connectivity index (χ0n) is 10.6. The highest BCUT2D eigenvalue weighted by molar-refractivity contribution is 5.72. The number of ether oxygens (including phenoxy) is 1. The second-order valence-corrected chi connectivity index (χ2v) is 5.10. The highest BCUT2D eigenvalue weighted by Gasteiger charge is 2.40. The predicted molar refractivity (Wildman–Crippen MR) is 66.0 cm³/mol. The summed E-state index contributed by atoms with van der Waals surface area (Å²) >= 11 is 0. The van der Waals surface area contributed by atoms with Crippen LogP contribution in [0.5, 0.6) is 0 Å². The normalized spacial score (nSPS) is 34.2. The Morgan fingerprint density at radius 3 is 2.62 bits per heavy atom. The van der Waals surface area contributed by atoms with Crippen molar-refractivity contribution in [2.24, 2.45) is 17.3 Å². The number of allylic oxidation sites excluding steroid dienone is 2. The Morgan fingerprint density at radius 2 is 2.19 bits per heavy atom. The minimum Gasteiger partial charge on any atom is -0.469 e. The molecule has 1 saturated carbocycles. The van der Waals surface area contributed by atoms with Gasteiger partial charge in [0.1, 0.15) is 0 Å². The number of hydrogen-bond acceptors (Lipinski definition) is 2. The molecule has 0 spiro atoms. The summed E-state index contributed by atoms with van der Waals surface area (Å²) in [5, 5.41) is 0. The third-order valence-electron chi connectivity index (χ3n) is 3.94. The number of esters is 1. The molecule has 0 amide bonds. The molecular formula is C14H22O2. The highest BCUT2D eigenvalue weighted by Crippen LogP contribution is 2.47. The summed E-state index contributed by atoms with van der Waals surface area (Å²) in [4.78, 5) is 11.6. The molecule has 0 radical (unpaired) electrons. The van der Waals surface area contributed by atoms with E-state index in [0.717, 1.165) is 24.8 Å². The number of carbonyl (C=O) groups excluding carboxylic acids is 1. The molecule has 0 bridgehead atoms. The molecule has 1 fully saturated rings. The number of methoxy groups -OCH3 is 1. The Labute approximate surface area is 98.4 Å². The average molecular weight is 222 g/mol. The van der Waals surface area contributed by atoms with Gasteiger partial charge in [0.15, 0.2) is 0 Å². The van der Waals surface area contributed by atoms with Crippen molar-refractivity contribution in [1.82, 2.24) is 0 Å². The van der Waals surface area contributed by atoms with Gasteiger partial charge in [-0.3, -0.25) is 4.79 Å². The molecule has 3 unspecified atom stereocenters. The van der Waals surface area contributed by atoms with E-state index in [1.54, 1.807) is 0 Å². The van der Waals surface area contributed by atoms with Gasteiger partial charge in [0.05, 0.1) is 13.0 Å². The average Bonchev–Trinajstić information content (AvgIpc) is 2.28. The third-order valence-corrected chi connectivity index (χ3v) is 3.94. The molecule has 16 heavy (non-hydrogen) atoms. The summed E-state index contributed by atoms with van der Waals surface area (Å²) in [6, 6.07) is 0. The number of rotatable bonds is 3. The van der Waals surface area contributed by atoms with Crippen molar-refractivity contribution in [2.45, 2.75) is 33.1 Å². The molecule has 1 aliphatic rings. The van der Waals surface area contributed by atoms with Gasteiger partial charge in [0, 0.05) is 0 Å². The molecule has 0 aliphatic heterocycles. The van der Waals surface area contributed by atoms with E-state index in [4.69, 9.17) is 4.74 Å². The van der Waals surface area contributed by atoms with E-state index in [1.807, 2.05) is 13.0 Å². The standard InChI is InChI=1S/C14H22O2/c1-6-14(4)8-7-11(13(15)16-5)9-12(14)10(2)3/h6,11-12H,1-2,7-9H2,3-5H3. The van der Waals surface area contributed by atoms with Gasteiger partial charge in [-0.15, -0.1) is 6.58 Å².